The van der Waals surface area contributed by atoms with E-state index >= 15 is 0 Å². The maximum atomic E-state index is 14.7. The molecule has 0 radical (unpaired) electrons. The van der Waals surface area contributed by atoms with Gasteiger partial charge in [0.25, 0.3) is 5.56 Å². The van der Waals surface area contributed by atoms with Crippen LogP contribution in [0.25, 0.3) is 0 Å². The second kappa shape index (κ2) is 4.86. The molecule has 1 fully saturated rings. The summed E-state index contributed by atoms with van der Waals surface area (Å²) in [5, 5.41) is 18.8. The van der Waals surface area contributed by atoms with Gasteiger partial charge in [-0.1, -0.05) is 5.92 Å². The molecule has 0 aromatic carbocycles. The highest BCUT2D eigenvalue weighted by Crippen LogP contribution is 2.40. The second-order valence-corrected chi connectivity index (χ2v) is 4.55. The molecule has 2 heterocycles. The summed E-state index contributed by atoms with van der Waals surface area (Å²) in [6, 6.07) is 0. The molecule has 0 saturated carbocycles. The number of alkyl halides is 1. The number of aliphatic hydroxyl groups excluding tert-OH is 2. The number of H-pyrrole nitrogens is 1. The van der Waals surface area contributed by atoms with Gasteiger partial charge in [0.05, 0.1) is 6.61 Å². The van der Waals surface area contributed by atoms with Crippen LogP contribution in [0.15, 0.2) is 15.8 Å². The van der Waals surface area contributed by atoms with E-state index in [2.05, 4.69) is 0 Å². The third-order valence-electron chi connectivity index (χ3n) is 3.25. The SMILES string of the molecule is C#C[C@@]1(F)[C@H](O)[C@@H](CO)O[C@H]1n1cc(C)c(=O)[nH]c1=O. The maximum Gasteiger partial charge on any atom is 0.330 e. The summed E-state index contributed by atoms with van der Waals surface area (Å²) >= 11 is 0. The summed E-state index contributed by atoms with van der Waals surface area (Å²) in [6.45, 7) is 0.752. The van der Waals surface area contributed by atoms with Crippen LogP contribution in [0.1, 0.15) is 11.8 Å². The molecule has 0 amide bonds. The highest BCUT2D eigenvalue weighted by molar-refractivity contribution is 5.20. The molecule has 1 aliphatic rings. The number of rotatable bonds is 2. The molecule has 0 unspecified atom stereocenters. The molecule has 108 valence electrons. The smallest absolute Gasteiger partial charge is 0.330 e. The van der Waals surface area contributed by atoms with Gasteiger partial charge in [-0.2, -0.15) is 0 Å². The van der Waals surface area contributed by atoms with E-state index in [1.54, 1.807) is 5.92 Å². The van der Waals surface area contributed by atoms with Crippen molar-refractivity contribution in [3.05, 3.63) is 32.6 Å². The fraction of sp³-hybridized carbons (Fsp3) is 0.500. The van der Waals surface area contributed by atoms with Crippen molar-refractivity contribution in [2.75, 3.05) is 6.61 Å². The van der Waals surface area contributed by atoms with Crippen molar-refractivity contribution < 1.29 is 19.3 Å². The highest BCUT2D eigenvalue weighted by Gasteiger charge is 2.57. The minimum atomic E-state index is -2.69. The van der Waals surface area contributed by atoms with Gasteiger partial charge in [-0.15, -0.1) is 6.42 Å². The number of hydrogen-bond acceptors (Lipinski definition) is 5. The van der Waals surface area contributed by atoms with Crippen molar-refractivity contribution in [1.29, 1.82) is 0 Å². The standard InChI is InChI=1S/C12H13FN2O5/c1-3-12(13)8(17)7(5-16)20-10(12)15-4-6(2)9(18)14-11(15)19/h1,4,7-8,10,16-17H,5H2,2H3,(H,14,18,19)/t7-,8-,10-,12-/m1/s1. The number of terminal acetylenes is 1. The topological polar surface area (TPSA) is 105 Å². The molecule has 0 bridgehead atoms. The molecular weight excluding hydrogens is 271 g/mol. The summed E-state index contributed by atoms with van der Waals surface area (Å²) < 4.78 is 20.5. The van der Waals surface area contributed by atoms with Crippen molar-refractivity contribution >= 4 is 0 Å². The molecule has 20 heavy (non-hydrogen) atoms. The van der Waals surface area contributed by atoms with Crippen molar-refractivity contribution in [3.63, 3.8) is 0 Å². The Morgan fingerprint density at radius 3 is 2.85 bits per heavy atom. The zero-order chi connectivity index (χ0) is 15.1. The van der Waals surface area contributed by atoms with E-state index in [0.717, 1.165) is 10.8 Å². The van der Waals surface area contributed by atoms with Crippen LogP contribution in [-0.4, -0.2) is 44.2 Å². The number of aromatic nitrogens is 2. The Morgan fingerprint density at radius 1 is 1.65 bits per heavy atom. The number of nitrogens with one attached hydrogen (secondary N) is 1. The average Bonchev–Trinajstić information content (AvgIpc) is 2.67. The molecule has 4 atom stereocenters. The van der Waals surface area contributed by atoms with Crippen molar-refractivity contribution in [3.8, 4) is 12.3 Å². The lowest BCUT2D eigenvalue weighted by Gasteiger charge is -2.23. The molecule has 3 N–H and O–H groups in total. The molecular formula is C12H13FN2O5. The number of aryl methyl sites for hydroxylation is 1. The van der Waals surface area contributed by atoms with Gasteiger partial charge in [0.1, 0.15) is 12.2 Å². The monoisotopic (exact) mass is 284 g/mol. The van der Waals surface area contributed by atoms with Gasteiger partial charge in [0, 0.05) is 11.8 Å². The quantitative estimate of drug-likeness (QED) is 0.570. The lowest BCUT2D eigenvalue weighted by molar-refractivity contribution is -0.0544. The molecule has 0 aliphatic carbocycles. The summed E-state index contributed by atoms with van der Waals surface area (Å²) in [5.41, 5.74) is -4.08. The average molecular weight is 284 g/mol. The number of nitrogens with zero attached hydrogens (tertiary/aromatic N) is 1. The Kier molecular flexibility index (Phi) is 3.52. The van der Waals surface area contributed by atoms with E-state index in [1.165, 1.54) is 6.92 Å². The minimum absolute atomic E-state index is 0.148. The number of ether oxygens (including phenoxy) is 1. The van der Waals surface area contributed by atoms with Crippen molar-refractivity contribution in [2.45, 2.75) is 31.0 Å². The van der Waals surface area contributed by atoms with Crippen LogP contribution in [0.3, 0.4) is 0 Å². The minimum Gasteiger partial charge on any atom is -0.394 e. The van der Waals surface area contributed by atoms with Crippen molar-refractivity contribution in [1.82, 2.24) is 9.55 Å². The number of aromatic amines is 1. The van der Waals surface area contributed by atoms with E-state index in [4.69, 9.17) is 16.3 Å². The van der Waals surface area contributed by atoms with Gasteiger partial charge in [0.2, 0.25) is 5.67 Å². The summed E-state index contributed by atoms with van der Waals surface area (Å²) in [4.78, 5) is 25.0. The highest BCUT2D eigenvalue weighted by atomic mass is 19.1. The van der Waals surface area contributed by atoms with Crippen LogP contribution >= 0.6 is 0 Å². The van der Waals surface area contributed by atoms with E-state index in [0.29, 0.717) is 0 Å². The van der Waals surface area contributed by atoms with Crippen LogP contribution in [0.4, 0.5) is 4.39 Å². The molecule has 8 heteroatoms. The first kappa shape index (κ1) is 14.5. The summed E-state index contributed by atoms with van der Waals surface area (Å²) in [6.07, 6.45) is 1.48. The molecule has 1 saturated heterocycles. The largest absolute Gasteiger partial charge is 0.394 e. The van der Waals surface area contributed by atoms with Gasteiger partial charge in [-0.3, -0.25) is 14.3 Å². The predicted octanol–water partition coefficient (Wildman–Crippen LogP) is -1.56. The number of halogens is 1. The Morgan fingerprint density at radius 2 is 2.30 bits per heavy atom. The fourth-order valence-corrected chi connectivity index (χ4v) is 2.08. The first-order valence-electron chi connectivity index (χ1n) is 5.78. The van der Waals surface area contributed by atoms with Crippen LogP contribution in [0.5, 0.6) is 0 Å². The van der Waals surface area contributed by atoms with Gasteiger partial charge in [-0.25, -0.2) is 9.18 Å². The Hall–Kier alpha value is -1.95. The lowest BCUT2D eigenvalue weighted by Crippen LogP contribution is -2.45. The van der Waals surface area contributed by atoms with Gasteiger partial charge in [-0.05, 0) is 6.92 Å². The van der Waals surface area contributed by atoms with Gasteiger partial charge in [0.15, 0.2) is 6.23 Å². The van der Waals surface area contributed by atoms with E-state index < -0.39 is 42.0 Å². The predicted molar refractivity (Wildman–Crippen MR) is 65.7 cm³/mol. The van der Waals surface area contributed by atoms with Gasteiger partial charge >= 0.3 is 5.69 Å². The molecule has 1 aliphatic heterocycles. The normalized spacial score (nSPS) is 33.0. The lowest BCUT2D eigenvalue weighted by atomic mass is 9.97. The zero-order valence-electron chi connectivity index (χ0n) is 10.5. The van der Waals surface area contributed by atoms with Crippen LogP contribution in [-0.2, 0) is 4.74 Å². The molecule has 1 aromatic heterocycles. The Balaban J connectivity index is 2.58. The molecule has 1 aromatic rings. The third kappa shape index (κ3) is 1.96. The molecule has 0 spiro atoms. The zero-order valence-corrected chi connectivity index (χ0v) is 10.5. The fourth-order valence-electron chi connectivity index (χ4n) is 2.08. The van der Waals surface area contributed by atoms with E-state index in [-0.39, 0.29) is 5.56 Å². The first-order valence-corrected chi connectivity index (χ1v) is 5.78. The summed E-state index contributed by atoms with van der Waals surface area (Å²) in [7, 11) is 0. The maximum absolute atomic E-state index is 14.7. The summed E-state index contributed by atoms with van der Waals surface area (Å²) in [5.74, 6) is 1.76. The van der Waals surface area contributed by atoms with Crippen LogP contribution < -0.4 is 11.2 Å². The number of hydrogen-bond donors (Lipinski definition) is 3. The van der Waals surface area contributed by atoms with E-state index in [9.17, 15) is 19.1 Å². The second-order valence-electron chi connectivity index (χ2n) is 4.55. The Labute approximate surface area is 112 Å². The Bertz CT molecular complexity index is 676. The molecule has 2 rings (SSSR count). The number of aliphatic hydroxyl groups is 2. The molecule has 7 nitrogen and oxygen atoms in total. The van der Waals surface area contributed by atoms with Crippen molar-refractivity contribution in [2.24, 2.45) is 0 Å². The van der Waals surface area contributed by atoms with Crippen LogP contribution in [0, 0.1) is 19.3 Å². The first-order chi connectivity index (χ1) is 9.35. The third-order valence-corrected chi connectivity index (χ3v) is 3.25. The van der Waals surface area contributed by atoms with E-state index in [1.807, 2.05) is 4.98 Å². The van der Waals surface area contributed by atoms with Gasteiger partial charge < -0.3 is 14.9 Å². The van der Waals surface area contributed by atoms with Crippen LogP contribution in [0.2, 0.25) is 0 Å².